The first-order valence-corrected chi connectivity index (χ1v) is 3.88. The Hall–Kier alpha value is -0.190. The number of aliphatic hydroxyl groups excluding tert-OH is 2. The van der Waals surface area contributed by atoms with Gasteiger partial charge in [0.05, 0.1) is 18.9 Å². The van der Waals surface area contributed by atoms with Gasteiger partial charge in [-0.15, -0.1) is 0 Å². The van der Waals surface area contributed by atoms with E-state index in [0.29, 0.717) is 19.5 Å². The van der Waals surface area contributed by atoms with Crippen LogP contribution in [0.15, 0.2) is 0 Å². The lowest BCUT2D eigenvalue weighted by molar-refractivity contribution is -0.0382. The first kappa shape index (κ1) is 8.90. The third-order valence-corrected chi connectivity index (χ3v) is 2.12. The minimum atomic E-state index is -0.757. The number of rotatable bonds is 2. The molecule has 11 heavy (non-hydrogen) atoms. The number of hydrogen-bond acceptors (Lipinski definition) is 3. The Labute approximate surface area is 65.2 Å². The van der Waals surface area contributed by atoms with Gasteiger partial charge in [0.25, 0.3) is 0 Å². The number of piperidine rings is 1. The molecule has 3 N–H and O–H groups in total. The van der Waals surface area contributed by atoms with Crippen LogP contribution in [0.1, 0.15) is 6.42 Å². The summed E-state index contributed by atoms with van der Waals surface area (Å²) in [6.07, 6.45) is -1.17. The summed E-state index contributed by atoms with van der Waals surface area (Å²) in [5.74, 6) is -0.135. The van der Waals surface area contributed by atoms with E-state index in [-0.39, 0.29) is 5.92 Å². The lowest BCUT2D eigenvalue weighted by Gasteiger charge is -2.31. The van der Waals surface area contributed by atoms with Crippen molar-refractivity contribution >= 4 is 0 Å². The predicted octanol–water partition coefficient (Wildman–Crippen LogP) is -0.713. The van der Waals surface area contributed by atoms with Crippen molar-refractivity contribution in [1.82, 2.24) is 5.32 Å². The molecule has 0 aromatic heterocycles. The zero-order chi connectivity index (χ0) is 8.27. The number of aliphatic hydroxyl groups is 2. The Kier molecular flexibility index (Phi) is 3.23. The summed E-state index contributed by atoms with van der Waals surface area (Å²) in [5, 5.41) is 21.4. The summed E-state index contributed by atoms with van der Waals surface area (Å²) < 4.78 is 11.9. The summed E-state index contributed by atoms with van der Waals surface area (Å²) in [4.78, 5) is 0. The van der Waals surface area contributed by atoms with Crippen molar-refractivity contribution in [3.05, 3.63) is 0 Å². The highest BCUT2D eigenvalue weighted by Gasteiger charge is 2.29. The quantitative estimate of drug-likeness (QED) is 0.504. The molecule has 0 aromatic rings. The van der Waals surface area contributed by atoms with Crippen LogP contribution in [-0.4, -0.2) is 42.2 Å². The Morgan fingerprint density at radius 1 is 1.36 bits per heavy atom. The molecule has 0 spiro atoms. The Morgan fingerprint density at radius 2 is 2.09 bits per heavy atom. The molecule has 0 bridgehead atoms. The molecule has 3 nitrogen and oxygen atoms in total. The molecular formula is C7H14FNO2. The number of halogens is 1. The normalized spacial score (nSPS) is 39.0. The third-order valence-electron chi connectivity index (χ3n) is 2.12. The lowest BCUT2D eigenvalue weighted by Crippen LogP contribution is -2.50. The average Bonchev–Trinajstić information content (AvgIpc) is 1.99. The second-order valence-corrected chi connectivity index (χ2v) is 2.95. The SMILES string of the molecule is O[C@@H]1CNCC(CCF)[C@H]1O. The molecule has 1 aliphatic rings. The second-order valence-electron chi connectivity index (χ2n) is 2.95. The van der Waals surface area contributed by atoms with E-state index in [0.717, 1.165) is 0 Å². The third kappa shape index (κ3) is 2.12. The van der Waals surface area contributed by atoms with Crippen molar-refractivity contribution in [2.75, 3.05) is 19.8 Å². The van der Waals surface area contributed by atoms with E-state index >= 15 is 0 Å². The molecule has 0 aliphatic carbocycles. The van der Waals surface area contributed by atoms with Crippen molar-refractivity contribution in [3.8, 4) is 0 Å². The second kappa shape index (κ2) is 3.99. The summed E-state index contributed by atoms with van der Waals surface area (Å²) in [7, 11) is 0. The number of alkyl halides is 1. The van der Waals surface area contributed by atoms with Gasteiger partial charge in [0.2, 0.25) is 0 Å². The molecule has 1 unspecified atom stereocenters. The summed E-state index contributed by atoms with van der Waals surface area (Å²) in [6.45, 7) is 0.572. The first-order chi connectivity index (χ1) is 5.25. The van der Waals surface area contributed by atoms with Crippen LogP contribution in [0, 0.1) is 5.92 Å². The van der Waals surface area contributed by atoms with Crippen molar-refractivity contribution in [2.24, 2.45) is 5.92 Å². The molecule has 4 heteroatoms. The molecule has 1 aliphatic heterocycles. The predicted molar refractivity (Wildman–Crippen MR) is 39.0 cm³/mol. The Balaban J connectivity index is 2.38. The van der Waals surface area contributed by atoms with Gasteiger partial charge < -0.3 is 15.5 Å². The fourth-order valence-electron chi connectivity index (χ4n) is 1.39. The average molecular weight is 163 g/mol. The molecule has 1 rings (SSSR count). The molecule has 0 radical (unpaired) electrons. The molecule has 0 saturated carbocycles. The largest absolute Gasteiger partial charge is 0.390 e. The highest BCUT2D eigenvalue weighted by Crippen LogP contribution is 2.15. The summed E-state index contributed by atoms with van der Waals surface area (Å²) in [5.41, 5.74) is 0. The highest BCUT2D eigenvalue weighted by atomic mass is 19.1. The van der Waals surface area contributed by atoms with Crippen molar-refractivity contribution in [3.63, 3.8) is 0 Å². The van der Waals surface area contributed by atoms with Gasteiger partial charge in [-0.05, 0) is 6.42 Å². The first-order valence-electron chi connectivity index (χ1n) is 3.88. The number of nitrogens with one attached hydrogen (secondary N) is 1. The maximum absolute atomic E-state index is 11.9. The van der Waals surface area contributed by atoms with E-state index in [2.05, 4.69) is 5.32 Å². The zero-order valence-corrected chi connectivity index (χ0v) is 6.33. The van der Waals surface area contributed by atoms with Gasteiger partial charge in [-0.2, -0.15) is 0 Å². The van der Waals surface area contributed by atoms with Crippen molar-refractivity contribution in [1.29, 1.82) is 0 Å². The van der Waals surface area contributed by atoms with E-state index in [4.69, 9.17) is 5.11 Å². The monoisotopic (exact) mass is 163 g/mol. The molecule has 0 amide bonds. The van der Waals surface area contributed by atoms with E-state index < -0.39 is 18.9 Å². The van der Waals surface area contributed by atoms with E-state index in [1.807, 2.05) is 0 Å². The highest BCUT2D eigenvalue weighted by molar-refractivity contribution is 4.83. The number of hydrogen-bond donors (Lipinski definition) is 3. The molecular weight excluding hydrogens is 149 g/mol. The molecule has 3 atom stereocenters. The summed E-state index contributed by atoms with van der Waals surface area (Å²) in [6, 6.07) is 0. The van der Waals surface area contributed by atoms with Crippen molar-refractivity contribution < 1.29 is 14.6 Å². The molecule has 66 valence electrons. The van der Waals surface area contributed by atoms with Gasteiger partial charge in [-0.3, -0.25) is 4.39 Å². The minimum Gasteiger partial charge on any atom is -0.390 e. The van der Waals surface area contributed by atoms with E-state index in [9.17, 15) is 9.50 Å². The van der Waals surface area contributed by atoms with Crippen molar-refractivity contribution in [2.45, 2.75) is 18.6 Å². The topological polar surface area (TPSA) is 52.5 Å². The van der Waals surface area contributed by atoms with E-state index in [1.54, 1.807) is 0 Å². The fraction of sp³-hybridized carbons (Fsp3) is 1.00. The zero-order valence-electron chi connectivity index (χ0n) is 6.33. The minimum absolute atomic E-state index is 0.135. The molecule has 1 heterocycles. The maximum atomic E-state index is 11.9. The van der Waals surface area contributed by atoms with Crippen LogP contribution in [0.5, 0.6) is 0 Å². The van der Waals surface area contributed by atoms with Gasteiger partial charge in [0.1, 0.15) is 0 Å². The van der Waals surface area contributed by atoms with Gasteiger partial charge >= 0.3 is 0 Å². The maximum Gasteiger partial charge on any atom is 0.0926 e. The fourth-order valence-corrected chi connectivity index (χ4v) is 1.39. The number of β-amino-alcohol motifs (C(OH)–C–C–N with tert-alkyl or cyclic N) is 1. The smallest absolute Gasteiger partial charge is 0.0926 e. The Morgan fingerprint density at radius 3 is 2.73 bits per heavy atom. The van der Waals surface area contributed by atoms with Gasteiger partial charge in [-0.1, -0.05) is 0 Å². The molecule has 1 saturated heterocycles. The Bertz CT molecular complexity index is 121. The van der Waals surface area contributed by atoms with E-state index in [1.165, 1.54) is 0 Å². The van der Waals surface area contributed by atoms with Crippen LogP contribution in [0.4, 0.5) is 4.39 Å². The van der Waals surface area contributed by atoms with Gasteiger partial charge in [0.15, 0.2) is 0 Å². The van der Waals surface area contributed by atoms with Crippen LogP contribution < -0.4 is 5.32 Å². The lowest BCUT2D eigenvalue weighted by atomic mass is 9.92. The van der Waals surface area contributed by atoms with Gasteiger partial charge in [0, 0.05) is 19.0 Å². The molecule has 1 fully saturated rings. The van der Waals surface area contributed by atoms with Crippen LogP contribution in [-0.2, 0) is 0 Å². The molecule has 0 aromatic carbocycles. The van der Waals surface area contributed by atoms with Crippen LogP contribution >= 0.6 is 0 Å². The van der Waals surface area contributed by atoms with Crippen LogP contribution in [0.25, 0.3) is 0 Å². The summed E-state index contributed by atoms with van der Waals surface area (Å²) >= 11 is 0. The standard InChI is InChI=1S/C7H14FNO2/c8-2-1-5-3-9-4-6(10)7(5)11/h5-7,9-11H,1-4H2/t5?,6-,7-/m1/s1. The van der Waals surface area contributed by atoms with Crippen LogP contribution in [0.3, 0.4) is 0 Å². The van der Waals surface area contributed by atoms with Crippen LogP contribution in [0.2, 0.25) is 0 Å². The van der Waals surface area contributed by atoms with Gasteiger partial charge in [-0.25, -0.2) is 0 Å².